The Bertz CT molecular complexity index is 544. The van der Waals surface area contributed by atoms with Gasteiger partial charge in [0.1, 0.15) is 11.3 Å². The highest BCUT2D eigenvalue weighted by molar-refractivity contribution is 5.99. The SMILES string of the molecule is CCNC(=O)NC(=O)C(C)OC(=O)c1ccccc1OCC. The number of carbonyl (C=O) groups excluding carboxylic acids is 3. The maximum absolute atomic E-state index is 12.1. The molecule has 22 heavy (non-hydrogen) atoms. The Balaban J connectivity index is 2.68. The van der Waals surface area contributed by atoms with Gasteiger partial charge in [-0.25, -0.2) is 9.59 Å². The van der Waals surface area contributed by atoms with E-state index < -0.39 is 24.0 Å². The predicted molar refractivity (Wildman–Crippen MR) is 79.7 cm³/mol. The monoisotopic (exact) mass is 308 g/mol. The molecule has 0 aliphatic rings. The van der Waals surface area contributed by atoms with Crippen LogP contribution < -0.4 is 15.4 Å². The van der Waals surface area contributed by atoms with E-state index in [0.29, 0.717) is 18.9 Å². The zero-order chi connectivity index (χ0) is 16.5. The number of esters is 1. The number of carbonyl (C=O) groups is 3. The summed E-state index contributed by atoms with van der Waals surface area (Å²) in [6.45, 7) is 5.69. The standard InChI is InChI=1S/C15H20N2O5/c1-4-16-15(20)17-13(18)10(3)22-14(19)11-8-6-7-9-12(11)21-5-2/h6-10H,4-5H2,1-3H3,(H2,16,17,18,20). The number of para-hydroxylation sites is 1. The Morgan fingerprint density at radius 1 is 1.18 bits per heavy atom. The summed E-state index contributed by atoms with van der Waals surface area (Å²) < 4.78 is 10.4. The molecule has 120 valence electrons. The number of imide groups is 1. The van der Waals surface area contributed by atoms with Crippen molar-refractivity contribution >= 4 is 17.9 Å². The summed E-state index contributed by atoms with van der Waals surface area (Å²) in [7, 11) is 0. The minimum Gasteiger partial charge on any atom is -0.493 e. The number of hydrogen-bond acceptors (Lipinski definition) is 5. The molecule has 1 unspecified atom stereocenters. The highest BCUT2D eigenvalue weighted by atomic mass is 16.5. The van der Waals surface area contributed by atoms with Crippen LogP contribution in [-0.4, -0.2) is 37.2 Å². The molecular formula is C15H20N2O5. The molecule has 0 aliphatic carbocycles. The number of rotatable bonds is 6. The molecule has 0 spiro atoms. The van der Waals surface area contributed by atoms with E-state index in [2.05, 4.69) is 10.6 Å². The third kappa shape index (κ3) is 5.08. The van der Waals surface area contributed by atoms with Gasteiger partial charge < -0.3 is 14.8 Å². The third-order valence-electron chi connectivity index (χ3n) is 2.63. The van der Waals surface area contributed by atoms with Crippen molar-refractivity contribution in [1.29, 1.82) is 0 Å². The normalized spacial score (nSPS) is 11.2. The molecule has 0 aromatic heterocycles. The minimum absolute atomic E-state index is 0.224. The minimum atomic E-state index is -1.11. The maximum Gasteiger partial charge on any atom is 0.342 e. The van der Waals surface area contributed by atoms with Crippen LogP contribution in [0.25, 0.3) is 0 Å². The fourth-order valence-corrected chi connectivity index (χ4v) is 1.61. The number of ether oxygens (including phenoxy) is 2. The Morgan fingerprint density at radius 2 is 1.86 bits per heavy atom. The van der Waals surface area contributed by atoms with Crippen LogP contribution in [0.1, 0.15) is 31.1 Å². The lowest BCUT2D eigenvalue weighted by atomic mass is 10.2. The molecule has 7 heteroatoms. The topological polar surface area (TPSA) is 93.7 Å². The molecule has 1 rings (SSSR count). The van der Waals surface area contributed by atoms with E-state index in [4.69, 9.17) is 9.47 Å². The van der Waals surface area contributed by atoms with Crippen LogP contribution in [0, 0.1) is 0 Å². The lowest BCUT2D eigenvalue weighted by Crippen LogP contribution is -2.44. The van der Waals surface area contributed by atoms with E-state index in [1.54, 1.807) is 38.1 Å². The van der Waals surface area contributed by atoms with Gasteiger partial charge in [0, 0.05) is 6.54 Å². The molecule has 2 N–H and O–H groups in total. The molecule has 1 atom stereocenters. The third-order valence-corrected chi connectivity index (χ3v) is 2.63. The molecule has 7 nitrogen and oxygen atoms in total. The first-order chi connectivity index (χ1) is 10.5. The van der Waals surface area contributed by atoms with Gasteiger partial charge in [-0.3, -0.25) is 10.1 Å². The van der Waals surface area contributed by atoms with Crippen molar-refractivity contribution in [2.75, 3.05) is 13.2 Å². The fourth-order valence-electron chi connectivity index (χ4n) is 1.61. The molecule has 0 aliphatic heterocycles. The van der Waals surface area contributed by atoms with Crippen LogP contribution in [0.15, 0.2) is 24.3 Å². The van der Waals surface area contributed by atoms with E-state index >= 15 is 0 Å². The molecule has 3 amide bonds. The van der Waals surface area contributed by atoms with E-state index in [0.717, 1.165) is 0 Å². The highest BCUT2D eigenvalue weighted by Crippen LogP contribution is 2.19. The molecule has 0 heterocycles. The summed E-state index contributed by atoms with van der Waals surface area (Å²) in [5.74, 6) is -1.01. The number of benzene rings is 1. The molecule has 1 aromatic carbocycles. The second kappa shape index (κ2) is 8.66. The Kier molecular flexibility index (Phi) is 6.88. The van der Waals surface area contributed by atoms with Gasteiger partial charge in [0.05, 0.1) is 6.61 Å². The van der Waals surface area contributed by atoms with E-state index in [9.17, 15) is 14.4 Å². The van der Waals surface area contributed by atoms with Crippen molar-refractivity contribution in [1.82, 2.24) is 10.6 Å². The Morgan fingerprint density at radius 3 is 2.50 bits per heavy atom. The molecular weight excluding hydrogens is 288 g/mol. The molecule has 0 radical (unpaired) electrons. The first-order valence-electron chi connectivity index (χ1n) is 7.01. The van der Waals surface area contributed by atoms with Gasteiger partial charge in [-0.2, -0.15) is 0 Å². The number of hydrogen-bond donors (Lipinski definition) is 2. The summed E-state index contributed by atoms with van der Waals surface area (Å²) in [6, 6.07) is 5.94. The van der Waals surface area contributed by atoms with Crippen LogP contribution in [0.3, 0.4) is 0 Å². The summed E-state index contributed by atoms with van der Waals surface area (Å²) in [5, 5.41) is 4.49. The molecule has 1 aromatic rings. The first-order valence-corrected chi connectivity index (χ1v) is 7.01. The Labute approximate surface area is 129 Å². The smallest absolute Gasteiger partial charge is 0.342 e. The average molecular weight is 308 g/mol. The average Bonchev–Trinajstić information content (AvgIpc) is 2.48. The van der Waals surface area contributed by atoms with Gasteiger partial charge in [0.25, 0.3) is 5.91 Å². The van der Waals surface area contributed by atoms with Crippen LogP contribution in [0.5, 0.6) is 5.75 Å². The van der Waals surface area contributed by atoms with Crippen LogP contribution in [0.2, 0.25) is 0 Å². The maximum atomic E-state index is 12.1. The fraction of sp³-hybridized carbons (Fsp3) is 0.400. The van der Waals surface area contributed by atoms with Gasteiger partial charge in [-0.15, -0.1) is 0 Å². The van der Waals surface area contributed by atoms with Crippen molar-refractivity contribution in [3.63, 3.8) is 0 Å². The van der Waals surface area contributed by atoms with E-state index in [-0.39, 0.29) is 5.56 Å². The van der Waals surface area contributed by atoms with Crippen molar-refractivity contribution in [3.8, 4) is 5.75 Å². The van der Waals surface area contributed by atoms with Crippen molar-refractivity contribution in [2.24, 2.45) is 0 Å². The first kappa shape index (κ1) is 17.5. The van der Waals surface area contributed by atoms with Gasteiger partial charge in [0.15, 0.2) is 6.10 Å². The van der Waals surface area contributed by atoms with Crippen LogP contribution >= 0.6 is 0 Å². The lowest BCUT2D eigenvalue weighted by molar-refractivity contribution is -0.127. The van der Waals surface area contributed by atoms with Crippen molar-refractivity contribution in [3.05, 3.63) is 29.8 Å². The van der Waals surface area contributed by atoms with Gasteiger partial charge in [-0.05, 0) is 32.9 Å². The number of nitrogens with one attached hydrogen (secondary N) is 2. The zero-order valence-corrected chi connectivity index (χ0v) is 12.8. The van der Waals surface area contributed by atoms with Crippen LogP contribution in [0.4, 0.5) is 4.79 Å². The summed E-state index contributed by atoms with van der Waals surface area (Å²) in [6.07, 6.45) is -1.11. The second-order valence-corrected chi connectivity index (χ2v) is 4.33. The second-order valence-electron chi connectivity index (χ2n) is 4.33. The number of amides is 3. The summed E-state index contributed by atoms with van der Waals surface area (Å²) >= 11 is 0. The molecule has 0 saturated heterocycles. The van der Waals surface area contributed by atoms with Crippen molar-refractivity contribution in [2.45, 2.75) is 26.9 Å². The molecule has 0 bridgehead atoms. The summed E-state index contributed by atoms with van der Waals surface area (Å²) in [4.78, 5) is 35.1. The molecule has 0 fully saturated rings. The Hall–Kier alpha value is -2.57. The van der Waals surface area contributed by atoms with Gasteiger partial charge in [-0.1, -0.05) is 12.1 Å². The zero-order valence-electron chi connectivity index (χ0n) is 12.8. The van der Waals surface area contributed by atoms with Gasteiger partial charge >= 0.3 is 12.0 Å². The summed E-state index contributed by atoms with van der Waals surface area (Å²) in [5.41, 5.74) is 0.224. The quantitative estimate of drug-likeness (QED) is 0.776. The van der Waals surface area contributed by atoms with E-state index in [1.165, 1.54) is 6.92 Å². The van der Waals surface area contributed by atoms with E-state index in [1.807, 2.05) is 0 Å². The highest BCUT2D eigenvalue weighted by Gasteiger charge is 2.22. The predicted octanol–water partition coefficient (Wildman–Crippen LogP) is 1.48. The van der Waals surface area contributed by atoms with Crippen LogP contribution in [-0.2, 0) is 9.53 Å². The number of urea groups is 1. The largest absolute Gasteiger partial charge is 0.493 e. The molecule has 0 saturated carbocycles. The van der Waals surface area contributed by atoms with Gasteiger partial charge in [0.2, 0.25) is 0 Å². The lowest BCUT2D eigenvalue weighted by Gasteiger charge is -2.14. The van der Waals surface area contributed by atoms with Crippen molar-refractivity contribution < 1.29 is 23.9 Å².